The second-order valence-electron chi connectivity index (χ2n) is 3.10. The fraction of sp³-hybridized carbons (Fsp3) is 0.111. The SMILES string of the molecule is Cc1nnnn1-c1cc(F)ccc1C(=O)O. The number of hydrogen-bond donors (Lipinski definition) is 1. The molecule has 2 aromatic rings. The molecule has 6 nitrogen and oxygen atoms in total. The molecule has 82 valence electrons. The van der Waals surface area contributed by atoms with Crippen LogP contribution >= 0.6 is 0 Å². The quantitative estimate of drug-likeness (QED) is 0.813. The van der Waals surface area contributed by atoms with E-state index in [0.29, 0.717) is 5.82 Å². The van der Waals surface area contributed by atoms with Gasteiger partial charge in [0.15, 0.2) is 5.82 Å². The third-order valence-electron chi connectivity index (χ3n) is 2.04. The molecular formula is C9H7FN4O2. The Morgan fingerprint density at radius 3 is 2.81 bits per heavy atom. The maximum atomic E-state index is 13.1. The van der Waals surface area contributed by atoms with Gasteiger partial charge in [-0.05, 0) is 29.5 Å². The van der Waals surface area contributed by atoms with Crippen LogP contribution in [0.1, 0.15) is 16.2 Å². The number of benzene rings is 1. The Bertz CT molecular complexity index is 552. The highest BCUT2D eigenvalue weighted by atomic mass is 19.1. The molecule has 16 heavy (non-hydrogen) atoms. The highest BCUT2D eigenvalue weighted by molar-refractivity contribution is 5.91. The van der Waals surface area contributed by atoms with Crippen molar-refractivity contribution in [2.24, 2.45) is 0 Å². The van der Waals surface area contributed by atoms with Gasteiger partial charge in [-0.25, -0.2) is 9.18 Å². The lowest BCUT2D eigenvalue weighted by molar-refractivity contribution is 0.0696. The molecule has 1 aromatic carbocycles. The van der Waals surface area contributed by atoms with Gasteiger partial charge in [0.25, 0.3) is 0 Å². The molecule has 0 radical (unpaired) electrons. The Labute approximate surface area is 89.3 Å². The molecule has 2 rings (SSSR count). The van der Waals surface area contributed by atoms with Gasteiger partial charge in [0.1, 0.15) is 5.82 Å². The summed E-state index contributed by atoms with van der Waals surface area (Å²) in [6, 6.07) is 3.33. The summed E-state index contributed by atoms with van der Waals surface area (Å²) in [5, 5.41) is 19.5. The van der Waals surface area contributed by atoms with Gasteiger partial charge >= 0.3 is 5.97 Å². The lowest BCUT2D eigenvalue weighted by Crippen LogP contribution is -2.08. The predicted octanol–water partition coefficient (Wildman–Crippen LogP) is 0.808. The first-order chi connectivity index (χ1) is 7.59. The number of rotatable bonds is 2. The van der Waals surface area contributed by atoms with Crippen LogP contribution in [0.5, 0.6) is 0 Å². The zero-order valence-corrected chi connectivity index (χ0v) is 8.25. The van der Waals surface area contributed by atoms with Gasteiger partial charge in [0.05, 0.1) is 11.3 Å². The van der Waals surface area contributed by atoms with Crippen LogP contribution in [-0.2, 0) is 0 Å². The predicted molar refractivity (Wildman–Crippen MR) is 50.8 cm³/mol. The lowest BCUT2D eigenvalue weighted by atomic mass is 10.2. The van der Waals surface area contributed by atoms with E-state index >= 15 is 0 Å². The third-order valence-corrected chi connectivity index (χ3v) is 2.04. The van der Waals surface area contributed by atoms with Crippen molar-refractivity contribution in [1.29, 1.82) is 0 Å². The number of carboxylic acid groups (broad SMARTS) is 1. The summed E-state index contributed by atoms with van der Waals surface area (Å²) >= 11 is 0. The summed E-state index contributed by atoms with van der Waals surface area (Å²) in [5.74, 6) is -1.33. The minimum absolute atomic E-state index is 0.0585. The minimum atomic E-state index is -1.16. The summed E-state index contributed by atoms with van der Waals surface area (Å²) in [6.45, 7) is 1.59. The number of halogens is 1. The number of carbonyl (C=O) groups is 1. The van der Waals surface area contributed by atoms with Gasteiger partial charge in [0.2, 0.25) is 0 Å². The van der Waals surface area contributed by atoms with Gasteiger partial charge in [-0.1, -0.05) is 0 Å². The molecule has 0 aliphatic heterocycles. The smallest absolute Gasteiger partial charge is 0.337 e. The first-order valence-corrected chi connectivity index (χ1v) is 4.38. The Morgan fingerprint density at radius 1 is 1.50 bits per heavy atom. The molecule has 0 unspecified atom stereocenters. The Morgan fingerprint density at radius 2 is 2.25 bits per heavy atom. The van der Waals surface area contributed by atoms with Gasteiger partial charge in [0, 0.05) is 6.07 Å². The highest BCUT2D eigenvalue weighted by Crippen LogP contribution is 2.16. The standard InChI is InChI=1S/C9H7FN4O2/c1-5-11-12-13-14(5)8-4-6(10)2-3-7(8)9(15)16/h2-4H,1H3,(H,15,16). The van der Waals surface area contributed by atoms with E-state index < -0.39 is 11.8 Å². The number of nitrogens with zero attached hydrogens (tertiary/aromatic N) is 4. The average molecular weight is 222 g/mol. The molecule has 0 aliphatic carbocycles. The number of carboxylic acids is 1. The van der Waals surface area contributed by atoms with E-state index in [1.807, 2.05) is 0 Å². The second-order valence-corrected chi connectivity index (χ2v) is 3.10. The first kappa shape index (κ1) is 10.2. The molecule has 0 bridgehead atoms. The number of aryl methyl sites for hydroxylation is 1. The molecule has 0 saturated carbocycles. The van der Waals surface area contributed by atoms with E-state index in [9.17, 15) is 9.18 Å². The topological polar surface area (TPSA) is 80.9 Å². The van der Waals surface area contributed by atoms with E-state index in [1.165, 1.54) is 10.7 Å². The third kappa shape index (κ3) is 1.62. The molecule has 0 aliphatic rings. The van der Waals surface area contributed by atoms with Gasteiger partial charge in [-0.3, -0.25) is 0 Å². The fourth-order valence-corrected chi connectivity index (χ4v) is 1.32. The number of aromatic nitrogens is 4. The summed E-state index contributed by atoms with van der Waals surface area (Å²) in [7, 11) is 0. The molecule has 0 atom stereocenters. The molecule has 1 N–H and O–H groups in total. The monoisotopic (exact) mass is 222 g/mol. The van der Waals surface area contributed by atoms with Gasteiger partial charge in [-0.2, -0.15) is 4.68 Å². The van der Waals surface area contributed by atoms with E-state index in [2.05, 4.69) is 15.5 Å². The average Bonchev–Trinajstić information content (AvgIpc) is 2.63. The summed E-state index contributed by atoms with van der Waals surface area (Å²) < 4.78 is 14.2. The molecule has 0 amide bonds. The van der Waals surface area contributed by atoms with Crippen LogP contribution in [0.3, 0.4) is 0 Å². The van der Waals surface area contributed by atoms with Crippen molar-refractivity contribution >= 4 is 5.97 Å². The van der Waals surface area contributed by atoms with Crippen molar-refractivity contribution in [2.75, 3.05) is 0 Å². The summed E-state index contributed by atoms with van der Waals surface area (Å²) in [4.78, 5) is 10.9. The summed E-state index contributed by atoms with van der Waals surface area (Å²) in [5.41, 5.74) is 0.0480. The van der Waals surface area contributed by atoms with Crippen LogP contribution in [0.2, 0.25) is 0 Å². The zero-order valence-electron chi connectivity index (χ0n) is 8.25. The molecule has 1 heterocycles. The zero-order chi connectivity index (χ0) is 11.7. The first-order valence-electron chi connectivity index (χ1n) is 4.38. The van der Waals surface area contributed by atoms with Crippen LogP contribution in [0, 0.1) is 12.7 Å². The molecule has 7 heteroatoms. The van der Waals surface area contributed by atoms with Crippen LogP contribution in [0.25, 0.3) is 5.69 Å². The molecule has 0 saturated heterocycles. The molecule has 0 fully saturated rings. The maximum absolute atomic E-state index is 13.1. The fourth-order valence-electron chi connectivity index (χ4n) is 1.32. The maximum Gasteiger partial charge on any atom is 0.337 e. The van der Waals surface area contributed by atoms with Crippen molar-refractivity contribution in [3.05, 3.63) is 35.4 Å². The van der Waals surface area contributed by atoms with E-state index in [-0.39, 0.29) is 11.3 Å². The van der Waals surface area contributed by atoms with E-state index in [4.69, 9.17) is 5.11 Å². The van der Waals surface area contributed by atoms with Crippen molar-refractivity contribution in [2.45, 2.75) is 6.92 Å². The van der Waals surface area contributed by atoms with Gasteiger partial charge < -0.3 is 5.11 Å². The van der Waals surface area contributed by atoms with E-state index in [1.54, 1.807) is 6.92 Å². The number of tetrazole rings is 1. The Balaban J connectivity index is 2.67. The van der Waals surface area contributed by atoms with Crippen molar-refractivity contribution in [1.82, 2.24) is 20.2 Å². The van der Waals surface area contributed by atoms with Crippen molar-refractivity contribution < 1.29 is 14.3 Å². The largest absolute Gasteiger partial charge is 0.478 e. The van der Waals surface area contributed by atoms with Crippen LogP contribution in [0.15, 0.2) is 18.2 Å². The Kier molecular flexibility index (Phi) is 2.35. The molecular weight excluding hydrogens is 215 g/mol. The normalized spacial score (nSPS) is 10.4. The molecule has 1 aromatic heterocycles. The van der Waals surface area contributed by atoms with Crippen LogP contribution in [-0.4, -0.2) is 31.3 Å². The lowest BCUT2D eigenvalue weighted by Gasteiger charge is -2.05. The van der Waals surface area contributed by atoms with E-state index in [0.717, 1.165) is 12.1 Å². The van der Waals surface area contributed by atoms with Crippen LogP contribution < -0.4 is 0 Å². The minimum Gasteiger partial charge on any atom is -0.478 e. The van der Waals surface area contributed by atoms with Crippen LogP contribution in [0.4, 0.5) is 4.39 Å². The van der Waals surface area contributed by atoms with Crippen molar-refractivity contribution in [3.63, 3.8) is 0 Å². The van der Waals surface area contributed by atoms with Crippen molar-refractivity contribution in [3.8, 4) is 5.69 Å². The molecule has 0 spiro atoms. The number of hydrogen-bond acceptors (Lipinski definition) is 4. The second kappa shape index (κ2) is 3.69. The Hall–Kier alpha value is -2.31. The summed E-state index contributed by atoms with van der Waals surface area (Å²) in [6.07, 6.45) is 0. The number of aromatic carboxylic acids is 1. The highest BCUT2D eigenvalue weighted by Gasteiger charge is 2.15. The van der Waals surface area contributed by atoms with Gasteiger partial charge in [-0.15, -0.1) is 5.10 Å².